The maximum Gasteiger partial charge on any atom is 0.261 e. The smallest absolute Gasteiger partial charge is 0.261 e. The number of primary amides is 1. The van der Waals surface area contributed by atoms with Crippen molar-refractivity contribution in [2.75, 3.05) is 0 Å². The van der Waals surface area contributed by atoms with Gasteiger partial charge in [0.05, 0.1) is 17.0 Å². The van der Waals surface area contributed by atoms with Crippen molar-refractivity contribution in [3.63, 3.8) is 0 Å². The molecule has 1 aromatic heterocycles. The van der Waals surface area contributed by atoms with Gasteiger partial charge in [-0.25, -0.2) is 4.99 Å². The molecule has 0 atom stereocenters. The summed E-state index contributed by atoms with van der Waals surface area (Å²) in [6.45, 7) is 3.24. The van der Waals surface area contributed by atoms with Gasteiger partial charge in [0, 0.05) is 16.5 Å². The van der Waals surface area contributed by atoms with Crippen LogP contribution >= 0.6 is 0 Å². The van der Waals surface area contributed by atoms with Crippen LogP contribution in [-0.2, 0) is 4.79 Å². The molecule has 4 aromatic rings. The lowest BCUT2D eigenvalue weighted by Crippen LogP contribution is -2.43. The van der Waals surface area contributed by atoms with Gasteiger partial charge in [0.25, 0.3) is 5.91 Å². The first-order valence-corrected chi connectivity index (χ1v) is 9.88. The molecule has 0 aliphatic rings. The Morgan fingerprint density at radius 2 is 1.61 bits per heavy atom. The molecule has 31 heavy (non-hydrogen) atoms. The van der Waals surface area contributed by atoms with Crippen molar-refractivity contribution < 1.29 is 14.6 Å². The number of carbonyl (C=O) groups excluding carboxylic acids is 1. The number of aromatic hydroxyl groups is 1. The van der Waals surface area contributed by atoms with Crippen molar-refractivity contribution in [3.05, 3.63) is 90.0 Å². The second-order valence-corrected chi connectivity index (χ2v) is 7.69. The first kappa shape index (κ1) is 20.2. The van der Waals surface area contributed by atoms with Gasteiger partial charge in [-0.05, 0) is 44.2 Å². The Kier molecular flexibility index (Phi) is 5.21. The summed E-state index contributed by atoms with van der Waals surface area (Å²) in [7, 11) is 0. The van der Waals surface area contributed by atoms with Gasteiger partial charge in [-0.15, -0.1) is 0 Å². The molecule has 1 amide bonds. The first-order chi connectivity index (χ1) is 14.8. The number of hydrogen-bond acceptors (Lipinski definition) is 4. The number of nitrogens with zero attached hydrogens (tertiary/aromatic N) is 1. The Balaban J connectivity index is 1.78. The topological polar surface area (TPSA) is 101 Å². The van der Waals surface area contributed by atoms with E-state index in [1.807, 2.05) is 54.6 Å². The van der Waals surface area contributed by atoms with E-state index in [0.717, 1.165) is 16.5 Å². The number of aliphatic imine (C=N–C) groups is 1. The zero-order valence-electron chi connectivity index (χ0n) is 17.3. The van der Waals surface area contributed by atoms with Gasteiger partial charge < -0.3 is 20.6 Å². The van der Waals surface area contributed by atoms with Crippen LogP contribution in [0.4, 0.5) is 5.69 Å². The van der Waals surface area contributed by atoms with E-state index in [9.17, 15) is 9.90 Å². The second kappa shape index (κ2) is 7.99. The van der Waals surface area contributed by atoms with Crippen molar-refractivity contribution in [2.24, 2.45) is 10.7 Å². The van der Waals surface area contributed by atoms with Crippen LogP contribution in [0.5, 0.6) is 11.6 Å². The molecule has 6 heteroatoms. The van der Waals surface area contributed by atoms with Crippen LogP contribution in [0.1, 0.15) is 25.0 Å². The number of carbonyl (C=O) groups is 1. The Labute approximate surface area is 180 Å². The van der Waals surface area contributed by atoms with Gasteiger partial charge in [0.2, 0.25) is 0 Å². The minimum Gasteiger partial charge on any atom is -0.494 e. The number of nitrogens with one attached hydrogen (secondary N) is 1. The number of benzene rings is 3. The fourth-order valence-electron chi connectivity index (χ4n) is 3.29. The van der Waals surface area contributed by atoms with E-state index in [1.165, 1.54) is 0 Å². The monoisotopic (exact) mass is 413 g/mol. The van der Waals surface area contributed by atoms with E-state index in [4.69, 9.17) is 15.5 Å². The summed E-state index contributed by atoms with van der Waals surface area (Å²) in [5, 5.41) is 11.5. The molecule has 4 rings (SSSR count). The number of ether oxygens (including phenoxy) is 1. The normalized spacial score (nSPS) is 12.1. The van der Waals surface area contributed by atoms with Crippen molar-refractivity contribution in [2.45, 2.75) is 19.4 Å². The molecule has 0 fully saturated rings. The number of aromatic nitrogens is 1. The SMILES string of the molecule is CC(C)(Oc1ccc(N=C(c2ccccc2)c2c(O)[nH]c3ccccc23)cc1)C(N)=O. The molecule has 1 heterocycles. The predicted octanol–water partition coefficient (Wildman–Crippen LogP) is 4.69. The van der Waals surface area contributed by atoms with E-state index < -0.39 is 11.5 Å². The molecule has 0 unspecified atom stereocenters. The summed E-state index contributed by atoms with van der Waals surface area (Å²) in [4.78, 5) is 19.4. The summed E-state index contributed by atoms with van der Waals surface area (Å²) in [5.41, 5.74) is 7.92. The average molecular weight is 413 g/mol. The number of amides is 1. The Morgan fingerprint density at radius 3 is 2.29 bits per heavy atom. The predicted molar refractivity (Wildman–Crippen MR) is 122 cm³/mol. The highest BCUT2D eigenvalue weighted by Crippen LogP contribution is 2.32. The Morgan fingerprint density at radius 1 is 0.968 bits per heavy atom. The highest BCUT2D eigenvalue weighted by atomic mass is 16.5. The number of nitrogens with two attached hydrogens (primary N) is 1. The Bertz CT molecular complexity index is 1260. The second-order valence-electron chi connectivity index (χ2n) is 7.69. The van der Waals surface area contributed by atoms with E-state index in [-0.39, 0.29) is 5.88 Å². The zero-order valence-corrected chi connectivity index (χ0v) is 17.3. The molecule has 0 aliphatic carbocycles. The van der Waals surface area contributed by atoms with Gasteiger partial charge in [-0.2, -0.15) is 0 Å². The minimum absolute atomic E-state index is 0.0620. The van der Waals surface area contributed by atoms with Crippen LogP contribution in [0.3, 0.4) is 0 Å². The minimum atomic E-state index is -1.12. The lowest BCUT2D eigenvalue weighted by molar-refractivity contribution is -0.130. The lowest BCUT2D eigenvalue weighted by atomic mass is 10.0. The van der Waals surface area contributed by atoms with Crippen LogP contribution in [0.25, 0.3) is 10.9 Å². The standard InChI is InChI=1S/C25H23N3O3/c1-25(2,24(26)30)31-18-14-12-17(13-15-18)27-22(16-8-4-3-5-9-16)21-19-10-6-7-11-20(19)28-23(21)29/h3-15,28-29H,1-2H3,(H2,26,30). The van der Waals surface area contributed by atoms with Crippen LogP contribution < -0.4 is 10.5 Å². The maximum atomic E-state index is 11.5. The quantitative estimate of drug-likeness (QED) is 0.400. The van der Waals surface area contributed by atoms with Gasteiger partial charge >= 0.3 is 0 Å². The molecular formula is C25H23N3O3. The van der Waals surface area contributed by atoms with E-state index in [2.05, 4.69) is 4.98 Å². The van der Waals surface area contributed by atoms with Crippen LogP contribution in [-0.4, -0.2) is 27.3 Å². The van der Waals surface area contributed by atoms with Crippen LogP contribution in [0.15, 0.2) is 83.9 Å². The van der Waals surface area contributed by atoms with Crippen LogP contribution in [0, 0.1) is 0 Å². The van der Waals surface area contributed by atoms with Gasteiger partial charge in [-0.3, -0.25) is 4.79 Å². The molecule has 156 valence electrons. The van der Waals surface area contributed by atoms with Crippen molar-refractivity contribution >= 4 is 28.2 Å². The molecule has 0 aliphatic heterocycles. The first-order valence-electron chi connectivity index (χ1n) is 9.88. The molecule has 0 bridgehead atoms. The third-order valence-electron chi connectivity index (χ3n) is 5.01. The molecule has 0 saturated heterocycles. The number of fused-ring (bicyclic) bond motifs is 1. The van der Waals surface area contributed by atoms with Gasteiger partial charge in [-0.1, -0.05) is 48.5 Å². The number of rotatable bonds is 6. The number of hydrogen-bond donors (Lipinski definition) is 3. The summed E-state index contributed by atoms with van der Waals surface area (Å²) in [5.74, 6) is 0.0293. The fraction of sp³-hybridized carbons (Fsp3) is 0.120. The fourth-order valence-corrected chi connectivity index (χ4v) is 3.29. The number of aromatic amines is 1. The van der Waals surface area contributed by atoms with Crippen molar-refractivity contribution in [1.29, 1.82) is 0 Å². The molecule has 6 nitrogen and oxygen atoms in total. The summed E-state index contributed by atoms with van der Waals surface area (Å²) >= 11 is 0. The Hall–Kier alpha value is -4.06. The van der Waals surface area contributed by atoms with Gasteiger partial charge in [0.1, 0.15) is 5.75 Å². The molecule has 0 saturated carbocycles. The molecule has 3 aromatic carbocycles. The third kappa shape index (κ3) is 4.14. The van der Waals surface area contributed by atoms with E-state index in [1.54, 1.807) is 38.1 Å². The average Bonchev–Trinajstić information content (AvgIpc) is 3.09. The van der Waals surface area contributed by atoms with Crippen molar-refractivity contribution in [3.8, 4) is 11.6 Å². The molecule has 0 spiro atoms. The lowest BCUT2D eigenvalue weighted by Gasteiger charge is -2.22. The molecule has 4 N–H and O–H groups in total. The molecule has 0 radical (unpaired) electrons. The molecular weight excluding hydrogens is 390 g/mol. The maximum absolute atomic E-state index is 11.5. The highest BCUT2D eigenvalue weighted by molar-refractivity contribution is 6.21. The zero-order chi connectivity index (χ0) is 22.0. The van der Waals surface area contributed by atoms with Gasteiger partial charge in [0.15, 0.2) is 11.5 Å². The largest absolute Gasteiger partial charge is 0.494 e. The van der Waals surface area contributed by atoms with E-state index >= 15 is 0 Å². The summed E-state index contributed by atoms with van der Waals surface area (Å²) < 4.78 is 5.69. The number of H-pyrrole nitrogens is 1. The summed E-state index contributed by atoms with van der Waals surface area (Å²) in [6, 6.07) is 24.4. The van der Waals surface area contributed by atoms with Crippen LogP contribution in [0.2, 0.25) is 0 Å². The highest BCUT2D eigenvalue weighted by Gasteiger charge is 2.27. The summed E-state index contributed by atoms with van der Waals surface area (Å²) in [6.07, 6.45) is 0. The number of para-hydroxylation sites is 1. The van der Waals surface area contributed by atoms with Crippen molar-refractivity contribution in [1.82, 2.24) is 4.98 Å². The third-order valence-corrected chi connectivity index (χ3v) is 5.01. The van der Waals surface area contributed by atoms with E-state index in [0.29, 0.717) is 22.7 Å².